The third-order valence-electron chi connectivity index (χ3n) is 1.99. The minimum Gasteiger partial charge on any atom is -0.374 e. The zero-order chi connectivity index (χ0) is 13.5. The number of nitrogens with zero attached hydrogens (tertiary/aromatic N) is 1. The Hall–Kier alpha value is -1.51. The summed E-state index contributed by atoms with van der Waals surface area (Å²) in [6.07, 6.45) is 0.240. The summed E-state index contributed by atoms with van der Waals surface area (Å²) in [5.41, 5.74) is 0.301. The van der Waals surface area contributed by atoms with Crippen LogP contribution in [0.2, 0.25) is 10.0 Å². The minimum atomic E-state index is -0.547. The molecule has 2 N–H and O–H groups in total. The van der Waals surface area contributed by atoms with Gasteiger partial charge in [0.1, 0.15) is 5.82 Å². The molecule has 0 fully saturated rings. The zero-order valence-corrected chi connectivity index (χ0v) is 10.8. The van der Waals surface area contributed by atoms with Crippen LogP contribution in [0.4, 0.5) is 10.1 Å². The Kier molecular flexibility index (Phi) is 5.69. The van der Waals surface area contributed by atoms with Crippen LogP contribution in [0.25, 0.3) is 0 Å². The number of amides is 1. The van der Waals surface area contributed by atoms with Crippen LogP contribution in [0.1, 0.15) is 6.42 Å². The maximum absolute atomic E-state index is 12.9. The van der Waals surface area contributed by atoms with Gasteiger partial charge < -0.3 is 10.6 Å². The van der Waals surface area contributed by atoms with Crippen molar-refractivity contribution in [1.29, 1.82) is 5.26 Å². The first-order chi connectivity index (χ1) is 8.54. The summed E-state index contributed by atoms with van der Waals surface area (Å²) in [6, 6.07) is 4.10. The Morgan fingerprint density at radius 1 is 1.39 bits per heavy atom. The monoisotopic (exact) mass is 289 g/mol. The molecule has 0 saturated heterocycles. The van der Waals surface area contributed by atoms with Gasteiger partial charge in [-0.25, -0.2) is 4.39 Å². The maximum Gasteiger partial charge on any atom is 0.239 e. The molecule has 0 aliphatic heterocycles. The first kappa shape index (κ1) is 14.6. The molecule has 96 valence electrons. The van der Waals surface area contributed by atoms with E-state index in [4.69, 9.17) is 28.5 Å². The maximum atomic E-state index is 12.9. The van der Waals surface area contributed by atoms with Crippen molar-refractivity contribution in [2.75, 3.05) is 18.4 Å². The van der Waals surface area contributed by atoms with Crippen molar-refractivity contribution in [1.82, 2.24) is 5.32 Å². The van der Waals surface area contributed by atoms with Gasteiger partial charge in [-0.05, 0) is 12.1 Å². The highest BCUT2D eigenvalue weighted by Crippen LogP contribution is 2.30. The number of carbonyl (C=O) groups excluding carboxylic acids is 1. The molecule has 0 aromatic heterocycles. The van der Waals surface area contributed by atoms with Crippen LogP contribution < -0.4 is 10.6 Å². The normalized spacial score (nSPS) is 9.67. The highest BCUT2D eigenvalue weighted by molar-refractivity contribution is 6.39. The van der Waals surface area contributed by atoms with Gasteiger partial charge in [-0.3, -0.25) is 4.79 Å². The van der Waals surface area contributed by atoms with Crippen LogP contribution in [-0.2, 0) is 4.79 Å². The van der Waals surface area contributed by atoms with Crippen LogP contribution in [0, 0.1) is 17.1 Å². The number of anilines is 1. The van der Waals surface area contributed by atoms with Gasteiger partial charge in [-0.15, -0.1) is 0 Å². The molecular formula is C11H10Cl2FN3O. The van der Waals surface area contributed by atoms with Crippen LogP contribution in [0.15, 0.2) is 12.1 Å². The SMILES string of the molecule is N#CCCNC(=O)CNc1c(Cl)cc(F)cc1Cl. The number of nitriles is 1. The Balaban J connectivity index is 2.54. The van der Waals surface area contributed by atoms with E-state index in [9.17, 15) is 9.18 Å². The third-order valence-corrected chi connectivity index (χ3v) is 2.59. The lowest BCUT2D eigenvalue weighted by molar-refractivity contribution is -0.119. The molecule has 0 spiro atoms. The second kappa shape index (κ2) is 7.04. The Morgan fingerprint density at radius 2 is 2.00 bits per heavy atom. The summed E-state index contributed by atoms with van der Waals surface area (Å²) < 4.78 is 12.9. The van der Waals surface area contributed by atoms with E-state index in [2.05, 4.69) is 10.6 Å². The van der Waals surface area contributed by atoms with E-state index in [-0.39, 0.29) is 35.5 Å². The van der Waals surface area contributed by atoms with Crippen LogP contribution in [0.3, 0.4) is 0 Å². The number of hydrogen-bond donors (Lipinski definition) is 2. The molecule has 4 nitrogen and oxygen atoms in total. The topological polar surface area (TPSA) is 64.9 Å². The summed E-state index contributed by atoms with van der Waals surface area (Å²) in [6.45, 7) is 0.221. The van der Waals surface area contributed by atoms with Crippen molar-refractivity contribution in [3.63, 3.8) is 0 Å². The Labute approximate surface area is 114 Å². The predicted octanol–water partition coefficient (Wildman–Crippen LogP) is 2.57. The van der Waals surface area contributed by atoms with E-state index in [1.807, 2.05) is 6.07 Å². The number of rotatable bonds is 5. The molecule has 0 unspecified atom stereocenters. The van der Waals surface area contributed by atoms with Gasteiger partial charge in [0, 0.05) is 6.54 Å². The molecule has 0 aliphatic rings. The second-order valence-electron chi connectivity index (χ2n) is 3.36. The summed E-state index contributed by atoms with van der Waals surface area (Å²) in [4.78, 5) is 11.3. The van der Waals surface area contributed by atoms with Crippen molar-refractivity contribution in [2.24, 2.45) is 0 Å². The van der Waals surface area contributed by atoms with Gasteiger partial charge in [-0.2, -0.15) is 5.26 Å². The fourth-order valence-corrected chi connectivity index (χ4v) is 1.79. The molecule has 1 rings (SSSR count). The zero-order valence-electron chi connectivity index (χ0n) is 9.27. The van der Waals surface area contributed by atoms with Gasteiger partial charge >= 0.3 is 0 Å². The Morgan fingerprint density at radius 3 is 2.56 bits per heavy atom. The van der Waals surface area contributed by atoms with Crippen molar-refractivity contribution < 1.29 is 9.18 Å². The van der Waals surface area contributed by atoms with Crippen LogP contribution in [0.5, 0.6) is 0 Å². The van der Waals surface area contributed by atoms with Crippen molar-refractivity contribution in [3.8, 4) is 6.07 Å². The number of benzene rings is 1. The lowest BCUT2D eigenvalue weighted by atomic mass is 10.3. The van der Waals surface area contributed by atoms with Crippen molar-refractivity contribution in [2.45, 2.75) is 6.42 Å². The Bertz CT molecular complexity index is 465. The third kappa shape index (κ3) is 4.40. The van der Waals surface area contributed by atoms with E-state index in [1.165, 1.54) is 0 Å². The van der Waals surface area contributed by atoms with Crippen molar-refractivity contribution in [3.05, 3.63) is 28.0 Å². The first-order valence-electron chi connectivity index (χ1n) is 5.06. The largest absolute Gasteiger partial charge is 0.374 e. The summed E-state index contributed by atoms with van der Waals surface area (Å²) in [5, 5.41) is 13.7. The highest BCUT2D eigenvalue weighted by atomic mass is 35.5. The fraction of sp³-hybridized carbons (Fsp3) is 0.273. The average Bonchev–Trinajstić information content (AvgIpc) is 2.27. The summed E-state index contributed by atoms with van der Waals surface area (Å²) in [5.74, 6) is -0.851. The molecule has 18 heavy (non-hydrogen) atoms. The second-order valence-corrected chi connectivity index (χ2v) is 4.17. The lowest BCUT2D eigenvalue weighted by Crippen LogP contribution is -2.30. The standard InChI is InChI=1S/C11H10Cl2FN3O/c12-8-4-7(14)5-9(13)11(8)17-6-10(18)16-3-1-2-15/h4-5,17H,1,3,6H2,(H,16,18). The molecule has 1 amide bonds. The average molecular weight is 290 g/mol. The van der Waals surface area contributed by atoms with Gasteiger partial charge in [0.2, 0.25) is 5.91 Å². The highest BCUT2D eigenvalue weighted by Gasteiger charge is 2.09. The van der Waals surface area contributed by atoms with Gasteiger partial charge in [0.15, 0.2) is 0 Å². The van der Waals surface area contributed by atoms with Gasteiger partial charge in [0.05, 0.1) is 34.8 Å². The van der Waals surface area contributed by atoms with Gasteiger partial charge in [0.25, 0.3) is 0 Å². The molecule has 7 heteroatoms. The van der Waals surface area contributed by atoms with E-state index in [0.717, 1.165) is 12.1 Å². The molecule has 0 heterocycles. The number of nitrogens with one attached hydrogen (secondary N) is 2. The fourth-order valence-electron chi connectivity index (χ4n) is 1.20. The van der Waals surface area contributed by atoms with Crippen LogP contribution in [-0.4, -0.2) is 19.0 Å². The summed E-state index contributed by atoms with van der Waals surface area (Å²) >= 11 is 11.6. The smallest absolute Gasteiger partial charge is 0.239 e. The minimum absolute atomic E-state index is 0.0590. The molecule has 0 radical (unpaired) electrons. The van der Waals surface area contributed by atoms with E-state index in [0.29, 0.717) is 5.69 Å². The number of halogens is 3. The molecule has 0 aliphatic carbocycles. The molecule has 0 atom stereocenters. The van der Waals surface area contributed by atoms with Gasteiger partial charge in [-0.1, -0.05) is 23.2 Å². The lowest BCUT2D eigenvalue weighted by Gasteiger charge is -2.10. The number of hydrogen-bond acceptors (Lipinski definition) is 3. The molecule has 0 bridgehead atoms. The summed E-state index contributed by atoms with van der Waals surface area (Å²) in [7, 11) is 0. The predicted molar refractivity (Wildman–Crippen MR) is 68.1 cm³/mol. The first-order valence-corrected chi connectivity index (χ1v) is 5.82. The van der Waals surface area contributed by atoms with Crippen LogP contribution >= 0.6 is 23.2 Å². The molecule has 1 aromatic rings. The quantitative estimate of drug-likeness (QED) is 0.819. The van der Waals surface area contributed by atoms with E-state index < -0.39 is 5.82 Å². The van der Waals surface area contributed by atoms with E-state index in [1.54, 1.807) is 0 Å². The van der Waals surface area contributed by atoms with E-state index >= 15 is 0 Å². The molecular weight excluding hydrogens is 280 g/mol. The molecule has 0 saturated carbocycles. The van der Waals surface area contributed by atoms with Crippen molar-refractivity contribution >= 4 is 34.8 Å². The number of carbonyl (C=O) groups is 1. The molecule has 1 aromatic carbocycles.